The van der Waals surface area contributed by atoms with Gasteiger partial charge in [-0.2, -0.15) is 0 Å². The number of thiophene rings is 1. The molecule has 0 spiro atoms. The SMILES string of the molecule is CC(C)(C)c1cc(NC(=O)[C@H]2CC[C@H](C)CC2)c(C(=O)O)s1. The Kier molecular flexibility index (Phi) is 4.95. The van der Waals surface area contributed by atoms with Crippen LogP contribution in [0.15, 0.2) is 6.07 Å². The molecule has 1 aromatic rings. The zero-order valence-corrected chi connectivity index (χ0v) is 14.5. The fourth-order valence-electron chi connectivity index (χ4n) is 2.77. The maximum Gasteiger partial charge on any atom is 0.348 e. The van der Waals surface area contributed by atoms with Crippen LogP contribution in [-0.2, 0) is 10.2 Å². The minimum absolute atomic E-state index is 0.0100. The van der Waals surface area contributed by atoms with Crippen LogP contribution in [0.1, 0.15) is 67.9 Å². The minimum atomic E-state index is -0.979. The number of nitrogens with one attached hydrogen (secondary N) is 1. The van der Waals surface area contributed by atoms with E-state index in [-0.39, 0.29) is 22.1 Å². The average Bonchev–Trinajstić information content (AvgIpc) is 2.83. The Hall–Kier alpha value is -1.36. The van der Waals surface area contributed by atoms with Gasteiger partial charge in [-0.3, -0.25) is 4.79 Å². The number of rotatable bonds is 3. The first kappa shape index (κ1) is 17.0. The van der Waals surface area contributed by atoms with Crippen molar-refractivity contribution in [1.29, 1.82) is 0 Å². The summed E-state index contributed by atoms with van der Waals surface area (Å²) in [4.78, 5) is 25.0. The van der Waals surface area contributed by atoms with Crippen LogP contribution in [0.3, 0.4) is 0 Å². The van der Waals surface area contributed by atoms with E-state index in [1.165, 1.54) is 11.3 Å². The largest absolute Gasteiger partial charge is 0.477 e. The van der Waals surface area contributed by atoms with Crippen molar-refractivity contribution >= 4 is 28.9 Å². The van der Waals surface area contributed by atoms with Gasteiger partial charge in [-0.05, 0) is 43.1 Å². The van der Waals surface area contributed by atoms with E-state index in [1.54, 1.807) is 0 Å². The lowest BCUT2D eigenvalue weighted by Gasteiger charge is -2.25. The summed E-state index contributed by atoms with van der Waals surface area (Å²) in [5.74, 6) is -0.316. The van der Waals surface area contributed by atoms with Crippen LogP contribution in [0, 0.1) is 11.8 Å². The van der Waals surface area contributed by atoms with Gasteiger partial charge in [0.05, 0.1) is 5.69 Å². The highest BCUT2D eigenvalue weighted by atomic mass is 32.1. The van der Waals surface area contributed by atoms with Crippen molar-refractivity contribution in [3.8, 4) is 0 Å². The molecule has 1 fully saturated rings. The van der Waals surface area contributed by atoms with Crippen LogP contribution in [0.5, 0.6) is 0 Å². The van der Waals surface area contributed by atoms with Gasteiger partial charge in [0.2, 0.25) is 5.91 Å². The van der Waals surface area contributed by atoms with Gasteiger partial charge >= 0.3 is 5.97 Å². The normalized spacial score (nSPS) is 22.4. The summed E-state index contributed by atoms with van der Waals surface area (Å²) in [6.45, 7) is 8.33. The first-order chi connectivity index (χ1) is 10.2. The van der Waals surface area contributed by atoms with Crippen molar-refractivity contribution in [2.24, 2.45) is 11.8 Å². The Morgan fingerprint density at radius 3 is 2.32 bits per heavy atom. The second-order valence-corrected chi connectivity index (χ2v) is 8.41. The van der Waals surface area contributed by atoms with Crippen molar-refractivity contribution < 1.29 is 14.7 Å². The Labute approximate surface area is 135 Å². The van der Waals surface area contributed by atoms with E-state index in [0.29, 0.717) is 11.6 Å². The summed E-state index contributed by atoms with van der Waals surface area (Å²) >= 11 is 1.25. The molecule has 0 aromatic carbocycles. The topological polar surface area (TPSA) is 66.4 Å². The van der Waals surface area contributed by atoms with Gasteiger partial charge in [-0.25, -0.2) is 4.79 Å². The number of anilines is 1. The Bertz CT molecular complexity index is 563. The van der Waals surface area contributed by atoms with Gasteiger partial charge in [-0.15, -0.1) is 11.3 Å². The number of carboxylic acids is 1. The number of hydrogen-bond donors (Lipinski definition) is 2. The zero-order chi connectivity index (χ0) is 16.5. The molecule has 1 saturated carbocycles. The van der Waals surface area contributed by atoms with Crippen molar-refractivity contribution in [1.82, 2.24) is 0 Å². The second-order valence-electron chi connectivity index (χ2n) is 7.35. The Morgan fingerprint density at radius 1 is 1.23 bits per heavy atom. The van der Waals surface area contributed by atoms with E-state index in [2.05, 4.69) is 12.2 Å². The predicted octanol–water partition coefficient (Wildman–Crippen LogP) is 4.51. The summed E-state index contributed by atoms with van der Waals surface area (Å²) in [7, 11) is 0. The molecule has 22 heavy (non-hydrogen) atoms. The third-order valence-corrected chi connectivity index (χ3v) is 5.86. The molecule has 0 bridgehead atoms. The molecular formula is C17H25NO3S. The summed E-state index contributed by atoms with van der Waals surface area (Å²) in [5, 5.41) is 12.2. The molecule has 2 rings (SSSR count). The number of aromatic carboxylic acids is 1. The Balaban J connectivity index is 2.16. The van der Waals surface area contributed by atoms with Crippen LogP contribution in [0.2, 0.25) is 0 Å². The summed E-state index contributed by atoms with van der Waals surface area (Å²) in [5.41, 5.74) is 0.323. The molecule has 1 aromatic heterocycles. The number of carboxylic acid groups (broad SMARTS) is 1. The molecule has 5 heteroatoms. The van der Waals surface area contributed by atoms with E-state index in [4.69, 9.17) is 0 Å². The van der Waals surface area contributed by atoms with Crippen LogP contribution < -0.4 is 5.32 Å². The second kappa shape index (κ2) is 6.41. The predicted molar refractivity (Wildman–Crippen MR) is 89.7 cm³/mol. The highest BCUT2D eigenvalue weighted by Gasteiger charge is 2.27. The highest BCUT2D eigenvalue weighted by molar-refractivity contribution is 7.14. The molecule has 1 aliphatic carbocycles. The van der Waals surface area contributed by atoms with Gasteiger partial charge in [0, 0.05) is 10.8 Å². The molecule has 0 unspecified atom stereocenters. The summed E-state index contributed by atoms with van der Waals surface area (Å²) in [6.07, 6.45) is 3.93. The van der Waals surface area contributed by atoms with E-state index in [0.717, 1.165) is 30.6 Å². The van der Waals surface area contributed by atoms with Crippen molar-refractivity contribution in [3.05, 3.63) is 15.8 Å². The number of carbonyl (C=O) groups excluding carboxylic acids is 1. The van der Waals surface area contributed by atoms with Crippen LogP contribution in [0.25, 0.3) is 0 Å². The minimum Gasteiger partial charge on any atom is -0.477 e. The van der Waals surface area contributed by atoms with Crippen LogP contribution >= 0.6 is 11.3 Å². The fourth-order valence-corrected chi connectivity index (χ4v) is 3.78. The number of carbonyl (C=O) groups is 2. The molecule has 4 nitrogen and oxygen atoms in total. The van der Waals surface area contributed by atoms with E-state index in [1.807, 2.05) is 26.8 Å². The molecular weight excluding hydrogens is 298 g/mol. The maximum absolute atomic E-state index is 12.4. The standard InChI is InChI=1S/C17H25NO3S/c1-10-5-7-11(8-6-10)15(19)18-12-9-13(17(2,3)4)22-14(12)16(20)21/h9-11H,5-8H2,1-4H3,(H,18,19)(H,20,21)/t10-,11-. The fraction of sp³-hybridized carbons (Fsp3) is 0.647. The molecule has 0 saturated heterocycles. The van der Waals surface area contributed by atoms with E-state index < -0.39 is 5.97 Å². The third-order valence-electron chi connectivity index (χ3n) is 4.31. The molecule has 0 radical (unpaired) electrons. The van der Waals surface area contributed by atoms with Crippen molar-refractivity contribution in [2.75, 3.05) is 5.32 Å². The van der Waals surface area contributed by atoms with Gasteiger partial charge < -0.3 is 10.4 Å². The molecule has 2 N–H and O–H groups in total. The third kappa shape index (κ3) is 3.88. The zero-order valence-electron chi connectivity index (χ0n) is 13.7. The van der Waals surface area contributed by atoms with Gasteiger partial charge in [-0.1, -0.05) is 27.7 Å². The van der Waals surface area contributed by atoms with E-state index >= 15 is 0 Å². The first-order valence-electron chi connectivity index (χ1n) is 7.87. The smallest absolute Gasteiger partial charge is 0.348 e. The number of amides is 1. The van der Waals surface area contributed by atoms with Gasteiger partial charge in [0.1, 0.15) is 4.88 Å². The van der Waals surface area contributed by atoms with Gasteiger partial charge in [0.25, 0.3) is 0 Å². The highest BCUT2D eigenvalue weighted by Crippen LogP contribution is 2.36. The summed E-state index contributed by atoms with van der Waals surface area (Å²) < 4.78 is 0. The molecule has 1 amide bonds. The molecule has 122 valence electrons. The average molecular weight is 323 g/mol. The molecule has 0 aliphatic heterocycles. The summed E-state index contributed by atoms with van der Waals surface area (Å²) in [6, 6.07) is 1.82. The van der Waals surface area contributed by atoms with Crippen molar-refractivity contribution in [2.45, 2.75) is 58.8 Å². The molecule has 0 atom stereocenters. The van der Waals surface area contributed by atoms with E-state index in [9.17, 15) is 14.7 Å². The monoisotopic (exact) mass is 323 g/mol. The quantitative estimate of drug-likeness (QED) is 0.860. The molecule has 1 heterocycles. The van der Waals surface area contributed by atoms with Crippen molar-refractivity contribution in [3.63, 3.8) is 0 Å². The van der Waals surface area contributed by atoms with Gasteiger partial charge in [0.15, 0.2) is 0 Å². The number of hydrogen-bond acceptors (Lipinski definition) is 3. The Morgan fingerprint density at radius 2 is 1.82 bits per heavy atom. The van der Waals surface area contributed by atoms with Crippen LogP contribution in [0.4, 0.5) is 5.69 Å². The maximum atomic E-state index is 12.4. The lowest BCUT2D eigenvalue weighted by Crippen LogP contribution is -2.27. The lowest BCUT2D eigenvalue weighted by atomic mass is 9.82. The lowest BCUT2D eigenvalue weighted by molar-refractivity contribution is -0.121. The van der Waals surface area contributed by atoms with Crippen LogP contribution in [-0.4, -0.2) is 17.0 Å². The first-order valence-corrected chi connectivity index (χ1v) is 8.68. The molecule has 1 aliphatic rings.